The van der Waals surface area contributed by atoms with Crippen molar-refractivity contribution in [3.63, 3.8) is 0 Å². The van der Waals surface area contributed by atoms with Crippen molar-refractivity contribution in [2.45, 2.75) is 19.4 Å². The Morgan fingerprint density at radius 3 is 2.58 bits per heavy atom. The van der Waals surface area contributed by atoms with Crippen molar-refractivity contribution in [1.29, 1.82) is 0 Å². The van der Waals surface area contributed by atoms with Gasteiger partial charge in [0.25, 0.3) is 5.69 Å². The zero-order chi connectivity index (χ0) is 17.5. The molecule has 1 heterocycles. The molecule has 1 aromatic carbocycles. The minimum atomic E-state index is -0.506. The van der Waals surface area contributed by atoms with Crippen molar-refractivity contribution in [2.75, 3.05) is 11.9 Å². The Bertz CT molecular complexity index is 704. The van der Waals surface area contributed by atoms with Gasteiger partial charge < -0.3 is 10.1 Å². The smallest absolute Gasteiger partial charge is 0.338 e. The van der Waals surface area contributed by atoms with Crippen molar-refractivity contribution < 1.29 is 14.5 Å². The second-order valence-electron chi connectivity index (χ2n) is 5.01. The molecule has 1 aromatic heterocycles. The number of halogens is 1. The van der Waals surface area contributed by atoms with E-state index in [-0.39, 0.29) is 18.3 Å². The number of benzene rings is 1. The van der Waals surface area contributed by atoms with Gasteiger partial charge in [0.05, 0.1) is 16.5 Å². The van der Waals surface area contributed by atoms with E-state index in [0.717, 1.165) is 4.47 Å². The van der Waals surface area contributed by atoms with Gasteiger partial charge in [0.15, 0.2) is 0 Å². The zero-order valence-corrected chi connectivity index (χ0v) is 14.5. The van der Waals surface area contributed by atoms with Gasteiger partial charge in [-0.25, -0.2) is 9.78 Å². The second-order valence-corrected chi connectivity index (χ2v) is 5.93. The quantitative estimate of drug-likeness (QED) is 0.436. The molecule has 0 radical (unpaired) electrons. The molecular formula is C16H16BrN3O4. The SMILES string of the molecule is CCC(COC(=O)c1ccc(Br)cc1)Nc1ccc([N+](=O)[O-])cn1. The fourth-order valence-electron chi connectivity index (χ4n) is 1.90. The van der Waals surface area contributed by atoms with E-state index < -0.39 is 10.9 Å². The number of ether oxygens (including phenoxy) is 1. The lowest BCUT2D eigenvalue weighted by atomic mass is 10.2. The molecule has 0 aliphatic carbocycles. The summed E-state index contributed by atoms with van der Waals surface area (Å²) < 4.78 is 6.19. The molecule has 0 aliphatic heterocycles. The normalized spacial score (nSPS) is 11.6. The summed E-state index contributed by atoms with van der Waals surface area (Å²) in [7, 11) is 0. The fraction of sp³-hybridized carbons (Fsp3) is 0.250. The summed E-state index contributed by atoms with van der Waals surface area (Å²) in [5, 5.41) is 13.7. The van der Waals surface area contributed by atoms with E-state index in [1.807, 2.05) is 6.92 Å². The molecule has 0 spiro atoms. The number of carbonyl (C=O) groups is 1. The van der Waals surface area contributed by atoms with E-state index >= 15 is 0 Å². The van der Waals surface area contributed by atoms with Gasteiger partial charge in [0, 0.05) is 10.5 Å². The topological polar surface area (TPSA) is 94.4 Å². The van der Waals surface area contributed by atoms with Gasteiger partial charge >= 0.3 is 5.97 Å². The maximum absolute atomic E-state index is 12.0. The number of hydrogen-bond donors (Lipinski definition) is 1. The van der Waals surface area contributed by atoms with Crippen LogP contribution in [0.1, 0.15) is 23.7 Å². The summed E-state index contributed by atoms with van der Waals surface area (Å²) >= 11 is 3.31. The molecular weight excluding hydrogens is 378 g/mol. The van der Waals surface area contributed by atoms with Crippen molar-refractivity contribution in [2.24, 2.45) is 0 Å². The Kier molecular flexibility index (Phi) is 6.25. The number of nitro groups is 1. The van der Waals surface area contributed by atoms with Crippen molar-refractivity contribution in [3.05, 3.63) is 62.7 Å². The molecule has 126 valence electrons. The first kappa shape index (κ1) is 17.9. The zero-order valence-electron chi connectivity index (χ0n) is 12.9. The van der Waals surface area contributed by atoms with Gasteiger partial charge in [0.1, 0.15) is 18.6 Å². The minimum Gasteiger partial charge on any atom is -0.460 e. The first-order valence-electron chi connectivity index (χ1n) is 7.29. The number of nitrogens with one attached hydrogen (secondary N) is 1. The van der Waals surface area contributed by atoms with Gasteiger partial charge in [-0.05, 0) is 36.8 Å². The molecule has 8 heteroatoms. The highest BCUT2D eigenvalue weighted by molar-refractivity contribution is 9.10. The first-order valence-corrected chi connectivity index (χ1v) is 8.08. The average Bonchev–Trinajstić information content (AvgIpc) is 2.59. The van der Waals surface area contributed by atoms with Crippen LogP contribution in [0, 0.1) is 10.1 Å². The molecule has 1 atom stereocenters. The number of nitrogens with zero attached hydrogens (tertiary/aromatic N) is 2. The molecule has 0 bridgehead atoms. The lowest BCUT2D eigenvalue weighted by molar-refractivity contribution is -0.385. The lowest BCUT2D eigenvalue weighted by Gasteiger charge is -2.17. The monoisotopic (exact) mass is 393 g/mol. The summed E-state index contributed by atoms with van der Waals surface area (Å²) in [5.41, 5.74) is 0.400. The highest BCUT2D eigenvalue weighted by atomic mass is 79.9. The van der Waals surface area contributed by atoms with E-state index in [4.69, 9.17) is 4.74 Å². The molecule has 0 saturated carbocycles. The van der Waals surface area contributed by atoms with Crippen LogP contribution in [0.2, 0.25) is 0 Å². The Morgan fingerprint density at radius 1 is 1.33 bits per heavy atom. The van der Waals surface area contributed by atoms with Crippen molar-refractivity contribution in [3.8, 4) is 0 Å². The largest absolute Gasteiger partial charge is 0.460 e. The van der Waals surface area contributed by atoms with E-state index in [1.165, 1.54) is 18.3 Å². The number of rotatable bonds is 7. The Morgan fingerprint density at radius 2 is 2.04 bits per heavy atom. The van der Waals surface area contributed by atoms with Crippen LogP contribution in [0.4, 0.5) is 11.5 Å². The molecule has 0 saturated heterocycles. The molecule has 0 amide bonds. The maximum Gasteiger partial charge on any atom is 0.338 e. The molecule has 1 N–H and O–H groups in total. The molecule has 2 aromatic rings. The third-order valence-electron chi connectivity index (χ3n) is 3.30. The van der Waals surface area contributed by atoms with Crippen LogP contribution in [0.15, 0.2) is 47.1 Å². The van der Waals surface area contributed by atoms with Gasteiger partial charge in [0.2, 0.25) is 0 Å². The minimum absolute atomic E-state index is 0.0738. The highest BCUT2D eigenvalue weighted by Crippen LogP contribution is 2.14. The van der Waals surface area contributed by atoms with Crippen LogP contribution >= 0.6 is 15.9 Å². The summed E-state index contributed by atoms with van der Waals surface area (Å²) in [6, 6.07) is 9.66. The number of anilines is 1. The van der Waals surface area contributed by atoms with Crippen molar-refractivity contribution in [1.82, 2.24) is 4.98 Å². The summed E-state index contributed by atoms with van der Waals surface area (Å²) in [5.74, 6) is 0.0894. The van der Waals surface area contributed by atoms with E-state index in [2.05, 4.69) is 26.2 Å². The predicted molar refractivity (Wildman–Crippen MR) is 93.0 cm³/mol. The number of esters is 1. The standard InChI is InChI=1S/C16H16BrN3O4/c1-2-13(19-15-8-7-14(9-18-15)20(22)23)10-24-16(21)11-3-5-12(17)6-4-11/h3-9,13H,2,10H2,1H3,(H,18,19). The van der Waals surface area contributed by atoms with Crippen LogP contribution in [-0.4, -0.2) is 28.5 Å². The summed E-state index contributed by atoms with van der Waals surface area (Å²) in [6.07, 6.45) is 1.88. The average molecular weight is 394 g/mol. The van der Waals surface area contributed by atoms with E-state index in [9.17, 15) is 14.9 Å². The third-order valence-corrected chi connectivity index (χ3v) is 3.83. The molecule has 7 nitrogen and oxygen atoms in total. The molecule has 1 unspecified atom stereocenters. The predicted octanol–water partition coefficient (Wildman–Crippen LogP) is 3.80. The Labute approximate surface area is 147 Å². The first-order chi connectivity index (χ1) is 11.5. The van der Waals surface area contributed by atoms with Gasteiger partial charge in [-0.3, -0.25) is 10.1 Å². The number of pyridine rings is 1. The van der Waals surface area contributed by atoms with Gasteiger partial charge in [-0.1, -0.05) is 22.9 Å². The molecule has 24 heavy (non-hydrogen) atoms. The van der Waals surface area contributed by atoms with Crippen LogP contribution in [0.5, 0.6) is 0 Å². The van der Waals surface area contributed by atoms with Gasteiger partial charge in [-0.15, -0.1) is 0 Å². The lowest BCUT2D eigenvalue weighted by Crippen LogP contribution is -2.26. The Balaban J connectivity index is 1.90. The summed E-state index contributed by atoms with van der Waals surface area (Å²) in [4.78, 5) is 26.1. The number of aromatic nitrogens is 1. The number of hydrogen-bond acceptors (Lipinski definition) is 6. The molecule has 2 rings (SSSR count). The molecule has 0 fully saturated rings. The second kappa shape index (κ2) is 8.39. The fourth-order valence-corrected chi connectivity index (χ4v) is 2.16. The number of carbonyl (C=O) groups excluding carboxylic acids is 1. The van der Waals surface area contributed by atoms with Crippen LogP contribution < -0.4 is 5.32 Å². The van der Waals surface area contributed by atoms with Crippen LogP contribution in [0.3, 0.4) is 0 Å². The van der Waals surface area contributed by atoms with Gasteiger partial charge in [-0.2, -0.15) is 0 Å². The third kappa shape index (κ3) is 5.02. The van der Waals surface area contributed by atoms with E-state index in [0.29, 0.717) is 17.8 Å². The Hall–Kier alpha value is -2.48. The highest BCUT2D eigenvalue weighted by Gasteiger charge is 2.13. The van der Waals surface area contributed by atoms with E-state index in [1.54, 1.807) is 24.3 Å². The van der Waals surface area contributed by atoms with Crippen molar-refractivity contribution >= 4 is 33.4 Å². The molecule has 0 aliphatic rings. The van der Waals surface area contributed by atoms with Crippen LogP contribution in [0.25, 0.3) is 0 Å². The maximum atomic E-state index is 12.0. The summed E-state index contributed by atoms with van der Waals surface area (Å²) in [6.45, 7) is 2.11. The van der Waals surface area contributed by atoms with Crippen LogP contribution in [-0.2, 0) is 4.74 Å².